The number of rotatable bonds is 3. The number of hydrogen-bond donors (Lipinski definition) is 3. The number of H-pyrrole nitrogens is 2. The van der Waals surface area contributed by atoms with Gasteiger partial charge in [-0.1, -0.05) is 6.07 Å². The molecule has 29 heavy (non-hydrogen) atoms. The van der Waals surface area contributed by atoms with Gasteiger partial charge in [0.1, 0.15) is 0 Å². The number of nitrogens with one attached hydrogen (secondary N) is 3. The summed E-state index contributed by atoms with van der Waals surface area (Å²) >= 11 is 0. The minimum Gasteiger partial charge on any atom is -0.354 e. The predicted molar refractivity (Wildman–Crippen MR) is 111 cm³/mol. The summed E-state index contributed by atoms with van der Waals surface area (Å²) in [4.78, 5) is 2.34. The number of aromatic nitrogens is 6. The van der Waals surface area contributed by atoms with Crippen LogP contribution in [0.3, 0.4) is 0 Å². The van der Waals surface area contributed by atoms with Gasteiger partial charge in [-0.05, 0) is 49.7 Å². The van der Waals surface area contributed by atoms with Gasteiger partial charge in [0.05, 0.1) is 23.6 Å². The van der Waals surface area contributed by atoms with Crippen molar-refractivity contribution in [1.82, 2.24) is 35.9 Å². The number of anilines is 1. The zero-order valence-corrected chi connectivity index (χ0v) is 16.0. The van der Waals surface area contributed by atoms with E-state index >= 15 is 0 Å². The maximum Gasteiger partial charge on any atom is 0.151 e. The Bertz CT molecular complexity index is 1130. The van der Waals surface area contributed by atoms with Crippen molar-refractivity contribution >= 4 is 16.7 Å². The largest absolute Gasteiger partial charge is 0.354 e. The van der Waals surface area contributed by atoms with Gasteiger partial charge in [0.2, 0.25) is 0 Å². The Morgan fingerprint density at radius 3 is 2.52 bits per heavy atom. The molecule has 3 N–H and O–H groups in total. The van der Waals surface area contributed by atoms with E-state index < -0.39 is 0 Å². The van der Waals surface area contributed by atoms with Crippen molar-refractivity contribution < 1.29 is 0 Å². The molecule has 2 saturated heterocycles. The average Bonchev–Trinajstić information content (AvgIpc) is 3.44. The molecule has 0 radical (unpaired) electrons. The minimum atomic E-state index is 0.483. The van der Waals surface area contributed by atoms with Crippen LogP contribution in [0.4, 0.5) is 5.82 Å². The van der Waals surface area contributed by atoms with E-state index in [1.807, 2.05) is 18.6 Å². The topological polar surface area (TPSA) is 98.4 Å². The van der Waals surface area contributed by atoms with E-state index in [0.717, 1.165) is 65.3 Å². The summed E-state index contributed by atoms with van der Waals surface area (Å²) in [5.41, 5.74) is 5.42. The van der Waals surface area contributed by atoms with Crippen LogP contribution in [0.25, 0.3) is 33.3 Å². The molecule has 1 aromatic carbocycles. The van der Waals surface area contributed by atoms with Crippen LogP contribution >= 0.6 is 0 Å². The Kier molecular flexibility index (Phi) is 3.67. The standard InChI is InChI=1S/C21H22N8/c1-2-16(20-17(11-25-28-20)15(1)14-9-23-24-10-14)18-3-4-19(27-26-18)29-12-21(13-29)5-7-22-8-6-21/h1-4,9-11,22H,5-8,12-13H2,(H,23,24)(H,25,28). The molecule has 0 atom stereocenters. The average molecular weight is 386 g/mol. The maximum atomic E-state index is 4.54. The second-order valence-corrected chi connectivity index (χ2v) is 8.19. The van der Waals surface area contributed by atoms with Gasteiger partial charge in [-0.15, -0.1) is 10.2 Å². The summed E-state index contributed by atoms with van der Waals surface area (Å²) in [7, 11) is 0. The first-order valence-electron chi connectivity index (χ1n) is 10.1. The molecule has 5 heterocycles. The number of hydrogen-bond acceptors (Lipinski definition) is 6. The summed E-state index contributed by atoms with van der Waals surface area (Å²) in [5, 5.41) is 27.9. The number of aromatic amines is 2. The fraction of sp³-hybridized carbons (Fsp3) is 0.333. The number of piperidine rings is 1. The Morgan fingerprint density at radius 1 is 0.897 bits per heavy atom. The van der Waals surface area contributed by atoms with E-state index in [0.29, 0.717) is 5.41 Å². The Labute approximate surface area is 167 Å². The molecule has 3 aromatic heterocycles. The molecule has 0 bridgehead atoms. The predicted octanol–water partition coefficient (Wildman–Crippen LogP) is 2.60. The molecule has 2 aliphatic rings. The lowest BCUT2D eigenvalue weighted by Gasteiger charge is -2.52. The lowest BCUT2D eigenvalue weighted by molar-refractivity contribution is 0.149. The fourth-order valence-electron chi connectivity index (χ4n) is 4.74. The third-order valence-electron chi connectivity index (χ3n) is 6.39. The van der Waals surface area contributed by atoms with Crippen molar-refractivity contribution in [2.45, 2.75) is 12.8 Å². The molecule has 146 valence electrons. The minimum absolute atomic E-state index is 0.483. The highest BCUT2D eigenvalue weighted by Gasteiger charge is 2.43. The van der Waals surface area contributed by atoms with E-state index in [1.54, 1.807) is 0 Å². The Morgan fingerprint density at radius 2 is 1.76 bits per heavy atom. The Hall–Kier alpha value is -3.26. The van der Waals surface area contributed by atoms with E-state index in [4.69, 9.17) is 0 Å². The van der Waals surface area contributed by atoms with Gasteiger partial charge in [-0.2, -0.15) is 10.2 Å². The van der Waals surface area contributed by atoms with Crippen molar-refractivity contribution in [3.63, 3.8) is 0 Å². The number of nitrogens with zero attached hydrogens (tertiary/aromatic N) is 5. The van der Waals surface area contributed by atoms with Crippen LogP contribution in [0, 0.1) is 5.41 Å². The maximum absolute atomic E-state index is 4.54. The van der Waals surface area contributed by atoms with Gasteiger partial charge < -0.3 is 10.2 Å². The molecule has 0 amide bonds. The molecule has 1 spiro atoms. The molecule has 0 saturated carbocycles. The molecule has 6 rings (SSSR count). The van der Waals surface area contributed by atoms with Gasteiger partial charge in [0.25, 0.3) is 0 Å². The van der Waals surface area contributed by atoms with Gasteiger partial charge >= 0.3 is 0 Å². The van der Waals surface area contributed by atoms with E-state index in [2.05, 4.69) is 65.1 Å². The molecule has 4 aromatic rings. The van der Waals surface area contributed by atoms with Crippen LogP contribution in [0.2, 0.25) is 0 Å². The lowest BCUT2D eigenvalue weighted by Crippen LogP contribution is -2.60. The third-order valence-corrected chi connectivity index (χ3v) is 6.39. The monoisotopic (exact) mass is 386 g/mol. The number of fused-ring (bicyclic) bond motifs is 1. The molecular weight excluding hydrogens is 364 g/mol. The highest BCUT2D eigenvalue weighted by Crippen LogP contribution is 2.40. The quantitative estimate of drug-likeness (QED) is 0.501. The second-order valence-electron chi connectivity index (χ2n) is 8.19. The molecule has 0 aliphatic carbocycles. The third kappa shape index (κ3) is 2.71. The molecule has 0 unspecified atom stereocenters. The molecule has 2 aliphatic heterocycles. The van der Waals surface area contributed by atoms with E-state index in [1.165, 1.54) is 12.8 Å². The lowest BCUT2D eigenvalue weighted by atomic mass is 9.72. The van der Waals surface area contributed by atoms with Crippen LogP contribution in [0.1, 0.15) is 12.8 Å². The van der Waals surface area contributed by atoms with Crippen LogP contribution in [-0.4, -0.2) is 56.8 Å². The summed E-state index contributed by atoms with van der Waals surface area (Å²) in [6.45, 7) is 4.45. The van der Waals surface area contributed by atoms with Crippen molar-refractivity contribution in [2.75, 3.05) is 31.1 Å². The summed E-state index contributed by atoms with van der Waals surface area (Å²) in [6.07, 6.45) is 8.07. The van der Waals surface area contributed by atoms with Crippen LogP contribution in [-0.2, 0) is 0 Å². The van der Waals surface area contributed by atoms with E-state index in [9.17, 15) is 0 Å². The van der Waals surface area contributed by atoms with Crippen molar-refractivity contribution in [3.8, 4) is 22.4 Å². The van der Waals surface area contributed by atoms with Gasteiger partial charge in [-0.3, -0.25) is 10.2 Å². The normalized spacial score (nSPS) is 18.3. The van der Waals surface area contributed by atoms with Gasteiger partial charge in [0.15, 0.2) is 5.82 Å². The summed E-state index contributed by atoms with van der Waals surface area (Å²) in [6, 6.07) is 8.30. The SMILES string of the molecule is c1n[nH]cc1-c1ccc(-c2ccc(N3CC4(CCNCC4)C3)nn2)c2[nH]ncc12. The number of benzene rings is 1. The highest BCUT2D eigenvalue weighted by molar-refractivity contribution is 6.01. The smallest absolute Gasteiger partial charge is 0.151 e. The van der Waals surface area contributed by atoms with Gasteiger partial charge in [0, 0.05) is 41.2 Å². The van der Waals surface area contributed by atoms with Crippen LogP contribution < -0.4 is 10.2 Å². The van der Waals surface area contributed by atoms with Crippen LogP contribution in [0.5, 0.6) is 0 Å². The summed E-state index contributed by atoms with van der Waals surface area (Å²) < 4.78 is 0. The van der Waals surface area contributed by atoms with Crippen molar-refractivity contribution in [2.24, 2.45) is 5.41 Å². The molecular formula is C21H22N8. The highest BCUT2D eigenvalue weighted by atomic mass is 15.3. The molecule has 8 heteroatoms. The van der Waals surface area contributed by atoms with Gasteiger partial charge in [-0.25, -0.2) is 0 Å². The van der Waals surface area contributed by atoms with Crippen molar-refractivity contribution in [3.05, 3.63) is 42.9 Å². The first-order chi connectivity index (χ1) is 14.3. The first kappa shape index (κ1) is 16.7. The summed E-state index contributed by atoms with van der Waals surface area (Å²) in [5.74, 6) is 0.966. The van der Waals surface area contributed by atoms with E-state index in [-0.39, 0.29) is 0 Å². The molecule has 8 nitrogen and oxygen atoms in total. The van der Waals surface area contributed by atoms with Crippen LogP contribution in [0.15, 0.2) is 42.9 Å². The zero-order valence-electron chi connectivity index (χ0n) is 16.0. The fourth-order valence-corrected chi connectivity index (χ4v) is 4.74. The zero-order chi connectivity index (χ0) is 19.3. The molecule has 2 fully saturated rings. The second kappa shape index (κ2) is 6.38. The first-order valence-corrected chi connectivity index (χ1v) is 10.1. The Balaban J connectivity index is 1.28. The van der Waals surface area contributed by atoms with Crippen molar-refractivity contribution in [1.29, 1.82) is 0 Å².